The number of rotatable bonds is 8. The monoisotopic (exact) mass is 295 g/mol. The predicted octanol–water partition coefficient (Wildman–Crippen LogP) is 4.45. The lowest BCUT2D eigenvalue weighted by molar-refractivity contribution is 0.304. The number of hydrogen-bond donors (Lipinski definition) is 1. The number of ether oxygens (including phenoxy) is 1. The van der Waals surface area contributed by atoms with Crippen molar-refractivity contribution in [1.82, 2.24) is 0 Å². The number of para-hydroxylation sites is 1. The van der Waals surface area contributed by atoms with Gasteiger partial charge in [0, 0.05) is 11.6 Å². The van der Waals surface area contributed by atoms with Crippen molar-refractivity contribution in [2.45, 2.75) is 32.2 Å². The molecule has 0 aliphatic rings. The maximum Gasteiger partial charge on any atom is 0.127 e. The van der Waals surface area contributed by atoms with Crippen molar-refractivity contribution >= 4 is 0 Å². The van der Waals surface area contributed by atoms with Crippen molar-refractivity contribution in [2.24, 2.45) is 5.73 Å². The quantitative estimate of drug-likeness (QED) is 0.577. The lowest BCUT2D eigenvalue weighted by atomic mass is 10.0. The Morgan fingerprint density at radius 1 is 1.14 bits per heavy atom. The van der Waals surface area contributed by atoms with E-state index >= 15 is 0 Å². The normalized spacial score (nSPS) is 11.9. The molecule has 0 spiro atoms. The van der Waals surface area contributed by atoms with E-state index in [9.17, 15) is 0 Å². The molecule has 22 heavy (non-hydrogen) atoms. The molecule has 0 aromatic heterocycles. The SMILES string of the molecule is C=CCc1cccc(C(C)N)c1OCCCc1ccccc1. The fraction of sp³-hybridized carbons (Fsp3) is 0.300. The molecule has 0 radical (unpaired) electrons. The standard InChI is InChI=1S/C20H25NO/c1-3-9-18-13-7-14-19(16(2)21)20(18)22-15-8-12-17-10-5-4-6-11-17/h3-7,10-11,13-14,16H,1,8-9,12,15,21H2,2H3. The Labute approximate surface area is 133 Å². The highest BCUT2D eigenvalue weighted by atomic mass is 16.5. The molecular weight excluding hydrogens is 270 g/mol. The first-order chi connectivity index (χ1) is 10.7. The Bertz CT molecular complexity index is 590. The van der Waals surface area contributed by atoms with Gasteiger partial charge < -0.3 is 10.5 Å². The number of benzene rings is 2. The minimum absolute atomic E-state index is 0.0334. The number of hydrogen-bond acceptors (Lipinski definition) is 2. The van der Waals surface area contributed by atoms with E-state index < -0.39 is 0 Å². The van der Waals surface area contributed by atoms with Crippen LogP contribution in [0.5, 0.6) is 5.75 Å². The zero-order valence-corrected chi connectivity index (χ0v) is 13.3. The summed E-state index contributed by atoms with van der Waals surface area (Å²) in [5.74, 6) is 0.936. The lowest BCUT2D eigenvalue weighted by Crippen LogP contribution is -2.10. The van der Waals surface area contributed by atoms with E-state index in [1.54, 1.807) is 0 Å². The van der Waals surface area contributed by atoms with E-state index in [1.807, 2.05) is 31.2 Å². The molecular formula is C20H25NO. The van der Waals surface area contributed by atoms with E-state index in [1.165, 1.54) is 5.56 Å². The second-order valence-corrected chi connectivity index (χ2v) is 5.55. The molecule has 1 atom stereocenters. The van der Waals surface area contributed by atoms with Crippen molar-refractivity contribution in [3.05, 3.63) is 77.9 Å². The minimum Gasteiger partial charge on any atom is -0.493 e. The number of aryl methyl sites for hydroxylation is 1. The summed E-state index contributed by atoms with van der Waals surface area (Å²) in [6, 6.07) is 16.6. The van der Waals surface area contributed by atoms with Gasteiger partial charge in [-0.2, -0.15) is 0 Å². The van der Waals surface area contributed by atoms with Crippen molar-refractivity contribution < 1.29 is 4.74 Å². The summed E-state index contributed by atoms with van der Waals surface area (Å²) in [5.41, 5.74) is 9.64. The van der Waals surface area contributed by atoms with Gasteiger partial charge in [-0.25, -0.2) is 0 Å². The molecule has 2 nitrogen and oxygen atoms in total. The molecule has 2 rings (SSSR count). The van der Waals surface area contributed by atoms with Crippen molar-refractivity contribution in [3.63, 3.8) is 0 Å². The zero-order valence-electron chi connectivity index (χ0n) is 13.3. The molecule has 0 bridgehead atoms. The summed E-state index contributed by atoms with van der Waals surface area (Å²) in [4.78, 5) is 0. The first kappa shape index (κ1) is 16.3. The second kappa shape index (κ2) is 8.40. The van der Waals surface area contributed by atoms with Gasteiger partial charge in [-0.15, -0.1) is 6.58 Å². The van der Waals surface area contributed by atoms with Crippen LogP contribution in [0.2, 0.25) is 0 Å². The maximum atomic E-state index is 6.08. The van der Waals surface area contributed by atoms with Gasteiger partial charge in [0.15, 0.2) is 0 Å². The summed E-state index contributed by atoms with van der Waals surface area (Å²) in [5, 5.41) is 0. The van der Waals surface area contributed by atoms with Crippen LogP contribution >= 0.6 is 0 Å². The average Bonchev–Trinajstić information content (AvgIpc) is 2.53. The van der Waals surface area contributed by atoms with Crippen LogP contribution in [0.4, 0.5) is 0 Å². The van der Waals surface area contributed by atoms with Gasteiger partial charge in [0.25, 0.3) is 0 Å². The van der Waals surface area contributed by atoms with Crippen LogP contribution in [-0.4, -0.2) is 6.61 Å². The first-order valence-electron chi connectivity index (χ1n) is 7.87. The molecule has 1 unspecified atom stereocenters. The van der Waals surface area contributed by atoms with Crippen molar-refractivity contribution in [2.75, 3.05) is 6.61 Å². The molecule has 0 heterocycles. The topological polar surface area (TPSA) is 35.2 Å². The maximum absolute atomic E-state index is 6.08. The number of allylic oxidation sites excluding steroid dienone is 1. The summed E-state index contributed by atoms with van der Waals surface area (Å²) in [6.07, 6.45) is 4.72. The molecule has 116 valence electrons. The third kappa shape index (κ3) is 4.47. The van der Waals surface area contributed by atoms with Gasteiger partial charge in [-0.3, -0.25) is 0 Å². The molecule has 0 saturated heterocycles. The fourth-order valence-corrected chi connectivity index (χ4v) is 2.55. The Balaban J connectivity index is 2.00. The van der Waals surface area contributed by atoms with Crippen molar-refractivity contribution in [3.8, 4) is 5.75 Å². The van der Waals surface area contributed by atoms with Crippen LogP contribution in [0.15, 0.2) is 61.2 Å². The summed E-state index contributed by atoms with van der Waals surface area (Å²) >= 11 is 0. The Morgan fingerprint density at radius 3 is 2.59 bits per heavy atom. The zero-order chi connectivity index (χ0) is 15.8. The first-order valence-corrected chi connectivity index (χ1v) is 7.87. The summed E-state index contributed by atoms with van der Waals surface area (Å²) in [7, 11) is 0. The van der Waals surface area contributed by atoms with Crippen LogP contribution in [0.1, 0.15) is 36.1 Å². The third-order valence-electron chi connectivity index (χ3n) is 3.68. The molecule has 0 amide bonds. The van der Waals surface area contributed by atoms with Crippen LogP contribution in [0.25, 0.3) is 0 Å². The molecule has 0 fully saturated rings. The highest BCUT2D eigenvalue weighted by Crippen LogP contribution is 2.29. The van der Waals surface area contributed by atoms with Crippen molar-refractivity contribution in [1.29, 1.82) is 0 Å². The van der Waals surface area contributed by atoms with E-state index in [0.717, 1.165) is 36.1 Å². The van der Waals surface area contributed by atoms with E-state index in [2.05, 4.69) is 36.9 Å². The lowest BCUT2D eigenvalue weighted by Gasteiger charge is -2.17. The van der Waals surface area contributed by atoms with Crippen LogP contribution < -0.4 is 10.5 Å². The molecule has 0 aliphatic heterocycles. The van der Waals surface area contributed by atoms with Crippen LogP contribution in [0.3, 0.4) is 0 Å². The minimum atomic E-state index is -0.0334. The highest BCUT2D eigenvalue weighted by molar-refractivity contribution is 5.44. The van der Waals surface area contributed by atoms with E-state index in [-0.39, 0.29) is 6.04 Å². The predicted molar refractivity (Wildman–Crippen MR) is 93.2 cm³/mol. The Kier molecular flexibility index (Phi) is 6.23. The van der Waals surface area contributed by atoms with Gasteiger partial charge in [0.2, 0.25) is 0 Å². The molecule has 0 saturated carbocycles. The molecule has 2 N–H and O–H groups in total. The third-order valence-corrected chi connectivity index (χ3v) is 3.68. The van der Waals surface area contributed by atoms with E-state index in [4.69, 9.17) is 10.5 Å². The van der Waals surface area contributed by atoms with Gasteiger partial charge >= 0.3 is 0 Å². The van der Waals surface area contributed by atoms with Gasteiger partial charge in [-0.05, 0) is 37.3 Å². The van der Waals surface area contributed by atoms with Gasteiger partial charge in [0.05, 0.1) is 6.61 Å². The summed E-state index contributed by atoms with van der Waals surface area (Å²) in [6.45, 7) is 6.51. The van der Waals surface area contributed by atoms with Gasteiger partial charge in [0.1, 0.15) is 5.75 Å². The number of nitrogens with two attached hydrogens (primary N) is 1. The molecule has 2 heteroatoms. The van der Waals surface area contributed by atoms with Gasteiger partial charge in [-0.1, -0.05) is 54.6 Å². The average molecular weight is 295 g/mol. The Hall–Kier alpha value is -2.06. The Morgan fingerprint density at radius 2 is 1.91 bits per heavy atom. The van der Waals surface area contributed by atoms with E-state index in [0.29, 0.717) is 6.61 Å². The van der Waals surface area contributed by atoms with Crippen LogP contribution in [-0.2, 0) is 12.8 Å². The molecule has 2 aromatic rings. The molecule has 0 aliphatic carbocycles. The highest BCUT2D eigenvalue weighted by Gasteiger charge is 2.12. The van der Waals surface area contributed by atoms with Crippen LogP contribution in [0, 0.1) is 0 Å². The fourth-order valence-electron chi connectivity index (χ4n) is 2.55. The smallest absolute Gasteiger partial charge is 0.127 e. The largest absolute Gasteiger partial charge is 0.493 e. The summed E-state index contributed by atoms with van der Waals surface area (Å²) < 4.78 is 6.08. The molecule has 2 aromatic carbocycles. The second-order valence-electron chi connectivity index (χ2n) is 5.55.